The second-order valence-electron chi connectivity index (χ2n) is 11.1. The van der Waals surface area contributed by atoms with E-state index in [-0.39, 0.29) is 43.7 Å². The quantitative estimate of drug-likeness (QED) is 0.271. The lowest BCUT2D eigenvalue weighted by Gasteiger charge is -2.44. The maximum absolute atomic E-state index is 15.0. The van der Waals surface area contributed by atoms with Crippen LogP contribution < -0.4 is 0 Å². The zero-order valence-electron chi connectivity index (χ0n) is 22.8. The topological polar surface area (TPSA) is 40.5 Å². The second kappa shape index (κ2) is 12.3. The third kappa shape index (κ3) is 7.12. The van der Waals surface area contributed by atoms with Crippen molar-refractivity contribution in [2.45, 2.75) is 76.4 Å². The predicted molar refractivity (Wildman–Crippen MR) is 145 cm³/mol. The molecule has 4 rings (SSSR count). The average molecular weight is 578 g/mol. The molecular formula is C32H33F6NO2. The Balaban J connectivity index is 2.02. The Morgan fingerprint density at radius 1 is 0.902 bits per heavy atom. The molecular weight excluding hydrogens is 544 g/mol. The van der Waals surface area contributed by atoms with E-state index in [2.05, 4.69) is 0 Å². The molecule has 3 aromatic carbocycles. The van der Waals surface area contributed by atoms with Crippen LogP contribution in [0.25, 0.3) is 11.1 Å². The molecule has 1 aliphatic rings. The molecule has 0 saturated carbocycles. The predicted octanol–water partition coefficient (Wildman–Crippen LogP) is 9.24. The number of hydrogen-bond donors (Lipinski definition) is 1. The molecule has 0 radical (unpaired) electrons. The minimum atomic E-state index is -4.99. The standard InChI is InChI=1S/C32H33F6NO2/c1-20(2)16-25(30(40)41)24-17-23(22-12-7-4-8-13-22)18-26(29(24)32(36,37)38)27-14-9-15-28(31(33,34)35)39(27)19-21-10-5-3-6-11-21/h3-8,10-13,17-18,20,25,27-28H,9,14-16,19H2,1-2H3,(H,40,41). The zero-order valence-corrected chi connectivity index (χ0v) is 22.8. The SMILES string of the molecule is CC(C)CC(C(=O)O)c1cc(-c2ccccc2)cc(C2CCCC(C(F)(F)F)N2Cc2ccccc2)c1C(F)(F)F. The van der Waals surface area contributed by atoms with Crippen LogP contribution in [0.2, 0.25) is 0 Å². The fraction of sp³-hybridized carbons (Fsp3) is 0.406. The van der Waals surface area contributed by atoms with E-state index < -0.39 is 47.5 Å². The van der Waals surface area contributed by atoms with E-state index in [1.807, 2.05) is 0 Å². The Kier molecular flexibility index (Phi) is 9.16. The van der Waals surface area contributed by atoms with Crippen LogP contribution in [0.4, 0.5) is 26.3 Å². The Hall–Kier alpha value is -3.33. The van der Waals surface area contributed by atoms with Crippen LogP contribution in [-0.2, 0) is 17.5 Å². The molecule has 0 aromatic heterocycles. The number of likely N-dealkylation sites (tertiary alicyclic amines) is 1. The molecule has 3 unspecified atom stereocenters. The lowest BCUT2D eigenvalue weighted by molar-refractivity contribution is -0.202. The van der Waals surface area contributed by atoms with Gasteiger partial charge in [-0.25, -0.2) is 0 Å². The summed E-state index contributed by atoms with van der Waals surface area (Å²) in [4.78, 5) is 13.5. The van der Waals surface area contributed by atoms with Crippen LogP contribution in [-0.4, -0.2) is 28.2 Å². The lowest BCUT2D eigenvalue weighted by atomic mass is 9.79. The molecule has 1 N–H and O–H groups in total. The van der Waals surface area contributed by atoms with Crippen molar-refractivity contribution in [3.63, 3.8) is 0 Å². The van der Waals surface area contributed by atoms with Crippen LogP contribution in [0.5, 0.6) is 0 Å². The highest BCUT2D eigenvalue weighted by atomic mass is 19.4. The molecule has 9 heteroatoms. The molecule has 3 aromatic rings. The van der Waals surface area contributed by atoms with E-state index in [1.165, 1.54) is 12.1 Å². The minimum Gasteiger partial charge on any atom is -0.481 e. The molecule has 3 atom stereocenters. The Morgan fingerprint density at radius 2 is 1.51 bits per heavy atom. The number of hydrogen-bond acceptors (Lipinski definition) is 2. The molecule has 220 valence electrons. The fourth-order valence-corrected chi connectivity index (χ4v) is 5.94. The lowest BCUT2D eigenvalue weighted by Crippen LogP contribution is -2.49. The number of carboxylic acids is 1. The number of halogens is 6. The molecule has 41 heavy (non-hydrogen) atoms. The van der Waals surface area contributed by atoms with E-state index in [1.54, 1.807) is 74.5 Å². The summed E-state index contributed by atoms with van der Waals surface area (Å²) in [5.41, 5.74) is -0.429. The van der Waals surface area contributed by atoms with Gasteiger partial charge in [-0.1, -0.05) is 74.5 Å². The van der Waals surface area contributed by atoms with Gasteiger partial charge in [-0.05, 0) is 71.6 Å². The average Bonchev–Trinajstić information content (AvgIpc) is 2.91. The Labute approximate surface area is 235 Å². The third-order valence-corrected chi connectivity index (χ3v) is 7.67. The van der Waals surface area contributed by atoms with Gasteiger partial charge in [0, 0.05) is 12.6 Å². The number of aliphatic carboxylic acids is 1. The van der Waals surface area contributed by atoms with Crippen molar-refractivity contribution in [2.75, 3.05) is 0 Å². The molecule has 1 fully saturated rings. The third-order valence-electron chi connectivity index (χ3n) is 7.67. The van der Waals surface area contributed by atoms with Crippen LogP contribution in [0.1, 0.15) is 73.7 Å². The summed E-state index contributed by atoms with van der Waals surface area (Å²) in [6.45, 7) is 3.25. The maximum Gasteiger partial charge on any atom is 0.417 e. The summed E-state index contributed by atoms with van der Waals surface area (Å²) in [6.07, 6.45) is -9.79. The Morgan fingerprint density at radius 3 is 2.05 bits per heavy atom. The van der Waals surface area contributed by atoms with Gasteiger partial charge >= 0.3 is 18.3 Å². The van der Waals surface area contributed by atoms with Crippen LogP contribution in [0, 0.1) is 5.92 Å². The van der Waals surface area contributed by atoms with Crippen molar-refractivity contribution < 1.29 is 36.2 Å². The molecule has 1 saturated heterocycles. The first kappa shape index (κ1) is 30.6. The molecule has 3 nitrogen and oxygen atoms in total. The van der Waals surface area contributed by atoms with Crippen LogP contribution in [0.3, 0.4) is 0 Å². The molecule has 0 aliphatic carbocycles. The first-order chi connectivity index (χ1) is 19.3. The number of benzene rings is 3. The van der Waals surface area contributed by atoms with Crippen LogP contribution in [0.15, 0.2) is 72.8 Å². The summed E-state index contributed by atoms with van der Waals surface area (Å²) < 4.78 is 88.2. The molecule has 0 spiro atoms. The molecule has 1 aliphatic heterocycles. The van der Waals surface area contributed by atoms with Gasteiger partial charge in [0.2, 0.25) is 0 Å². The van der Waals surface area contributed by atoms with Crippen molar-refractivity contribution >= 4 is 5.97 Å². The maximum atomic E-state index is 15.0. The van der Waals surface area contributed by atoms with Gasteiger partial charge in [-0.15, -0.1) is 0 Å². The number of alkyl halides is 6. The van der Waals surface area contributed by atoms with Crippen molar-refractivity contribution in [2.24, 2.45) is 5.92 Å². The monoisotopic (exact) mass is 577 g/mol. The second-order valence-corrected chi connectivity index (χ2v) is 11.1. The molecule has 0 bridgehead atoms. The largest absolute Gasteiger partial charge is 0.481 e. The fourth-order valence-electron chi connectivity index (χ4n) is 5.94. The van der Waals surface area contributed by atoms with Crippen molar-refractivity contribution in [1.29, 1.82) is 0 Å². The van der Waals surface area contributed by atoms with Crippen molar-refractivity contribution in [3.8, 4) is 11.1 Å². The van der Waals surface area contributed by atoms with Crippen molar-refractivity contribution in [3.05, 3.63) is 95.1 Å². The van der Waals surface area contributed by atoms with Gasteiger partial charge in [0.15, 0.2) is 0 Å². The Bertz CT molecular complexity index is 1320. The van der Waals surface area contributed by atoms with Gasteiger partial charge in [0.25, 0.3) is 0 Å². The van der Waals surface area contributed by atoms with Gasteiger partial charge in [0.1, 0.15) is 6.04 Å². The first-order valence-electron chi connectivity index (χ1n) is 13.7. The highest BCUT2D eigenvalue weighted by Gasteiger charge is 2.50. The van der Waals surface area contributed by atoms with Gasteiger partial charge < -0.3 is 5.11 Å². The highest BCUT2D eigenvalue weighted by molar-refractivity contribution is 5.79. The summed E-state index contributed by atoms with van der Waals surface area (Å²) in [5, 5.41) is 10.1. The minimum absolute atomic E-state index is 0.0559. The molecule has 1 heterocycles. The number of carboxylic acid groups (broad SMARTS) is 1. The van der Waals surface area contributed by atoms with Gasteiger partial charge in [0.05, 0.1) is 11.5 Å². The number of piperidine rings is 1. The van der Waals surface area contributed by atoms with E-state index in [4.69, 9.17) is 0 Å². The number of carbonyl (C=O) groups is 1. The van der Waals surface area contributed by atoms with E-state index in [0.717, 1.165) is 4.90 Å². The summed E-state index contributed by atoms with van der Waals surface area (Å²) in [6, 6.07) is 16.3. The normalized spacial score (nSPS) is 19.3. The first-order valence-corrected chi connectivity index (χ1v) is 13.7. The van der Waals surface area contributed by atoms with Gasteiger partial charge in [-0.3, -0.25) is 9.69 Å². The van der Waals surface area contributed by atoms with Gasteiger partial charge in [-0.2, -0.15) is 26.3 Å². The smallest absolute Gasteiger partial charge is 0.417 e. The number of nitrogens with zero attached hydrogens (tertiary/aromatic N) is 1. The van der Waals surface area contributed by atoms with E-state index >= 15 is 13.2 Å². The summed E-state index contributed by atoms with van der Waals surface area (Å²) in [7, 11) is 0. The summed E-state index contributed by atoms with van der Waals surface area (Å²) >= 11 is 0. The highest BCUT2D eigenvalue weighted by Crippen LogP contribution is 2.49. The van der Waals surface area contributed by atoms with E-state index in [0.29, 0.717) is 16.7 Å². The molecule has 0 amide bonds. The number of rotatable bonds is 8. The van der Waals surface area contributed by atoms with Crippen LogP contribution >= 0.6 is 0 Å². The zero-order chi connectivity index (χ0) is 29.9. The van der Waals surface area contributed by atoms with Crippen molar-refractivity contribution in [1.82, 2.24) is 4.90 Å². The summed E-state index contributed by atoms with van der Waals surface area (Å²) in [5.74, 6) is -3.13. The van der Waals surface area contributed by atoms with E-state index in [9.17, 15) is 23.1 Å².